The van der Waals surface area contributed by atoms with Crippen molar-refractivity contribution >= 4 is 0 Å². The zero-order valence-corrected chi connectivity index (χ0v) is 12.4. The zero-order valence-electron chi connectivity index (χ0n) is 12.4. The highest BCUT2D eigenvalue weighted by molar-refractivity contribution is 5.31. The van der Waals surface area contributed by atoms with Crippen molar-refractivity contribution in [3.63, 3.8) is 0 Å². The van der Waals surface area contributed by atoms with Crippen LogP contribution in [0.5, 0.6) is 5.75 Å². The first-order valence-electron chi connectivity index (χ1n) is 7.54. The molecule has 1 N–H and O–H groups in total. The molecule has 0 atom stereocenters. The quantitative estimate of drug-likeness (QED) is 0.578. The molecule has 1 aromatic carbocycles. The van der Waals surface area contributed by atoms with E-state index in [2.05, 4.69) is 18.6 Å². The fraction of sp³-hybridized carbons (Fsp3) is 0.647. The molecule has 0 aromatic heterocycles. The Morgan fingerprint density at radius 2 is 1.68 bits per heavy atom. The Kier molecular flexibility index (Phi) is 8.31. The molecule has 2 rings (SSSR count). The van der Waals surface area contributed by atoms with Gasteiger partial charge in [-0.1, -0.05) is 57.7 Å². The Morgan fingerprint density at radius 3 is 2.26 bits per heavy atom. The summed E-state index contributed by atoms with van der Waals surface area (Å²) in [6.45, 7) is 6.56. The fourth-order valence-corrected chi connectivity index (χ4v) is 1.94. The first-order chi connectivity index (χ1) is 9.20. The predicted octanol–water partition coefficient (Wildman–Crippen LogP) is 4.56. The van der Waals surface area contributed by atoms with Gasteiger partial charge in [0.25, 0.3) is 0 Å². The molecule has 0 unspecified atom stereocenters. The Morgan fingerprint density at radius 1 is 1.05 bits per heavy atom. The number of hydrogen-bond donors (Lipinski definition) is 1. The summed E-state index contributed by atoms with van der Waals surface area (Å²) in [6.07, 6.45) is 7.49. The highest BCUT2D eigenvalue weighted by Gasteiger charge is 1.99. The maximum atomic E-state index is 9.59. The van der Waals surface area contributed by atoms with Crippen LogP contribution in [-0.4, -0.2) is 18.3 Å². The van der Waals surface area contributed by atoms with Crippen molar-refractivity contribution in [3.8, 4) is 5.75 Å². The molecule has 1 aromatic rings. The molecular formula is C17H28O2. The Balaban J connectivity index is 0.000000524. The van der Waals surface area contributed by atoms with Gasteiger partial charge in [0, 0.05) is 0 Å². The van der Waals surface area contributed by atoms with Gasteiger partial charge >= 0.3 is 0 Å². The van der Waals surface area contributed by atoms with Crippen molar-refractivity contribution in [1.29, 1.82) is 0 Å². The minimum absolute atomic E-state index is 0.449. The van der Waals surface area contributed by atoms with E-state index in [1.807, 2.05) is 18.2 Å². The highest BCUT2D eigenvalue weighted by atomic mass is 16.6. The van der Waals surface area contributed by atoms with E-state index in [0.29, 0.717) is 5.75 Å². The van der Waals surface area contributed by atoms with Crippen LogP contribution in [0.2, 0.25) is 0 Å². The number of ether oxygens (including phenoxy) is 1. The van der Waals surface area contributed by atoms with Gasteiger partial charge in [-0.3, -0.25) is 0 Å². The average Bonchev–Trinajstić information content (AvgIpc) is 3.23. The summed E-state index contributed by atoms with van der Waals surface area (Å²) in [4.78, 5) is 0. The standard InChI is InChI=1S/C15H24O.C2H4O/c1-13(2)9-5-3-4-6-10-14-11-7-8-12-15(14)16;1-2-3-1/h7-8,11-13,16H,3-6,9-10H2,1-2H3;1-2H2. The predicted molar refractivity (Wildman–Crippen MR) is 80.6 cm³/mol. The molecule has 1 aliphatic rings. The van der Waals surface area contributed by atoms with E-state index in [4.69, 9.17) is 0 Å². The number of phenolic OH excluding ortho intramolecular Hbond substituents is 1. The van der Waals surface area contributed by atoms with Gasteiger partial charge in [0.1, 0.15) is 5.75 Å². The molecule has 1 heterocycles. The molecule has 1 aliphatic heterocycles. The lowest BCUT2D eigenvalue weighted by Crippen LogP contribution is -1.89. The van der Waals surface area contributed by atoms with Gasteiger partial charge < -0.3 is 9.84 Å². The molecule has 108 valence electrons. The summed E-state index contributed by atoms with van der Waals surface area (Å²) in [5, 5.41) is 9.59. The van der Waals surface area contributed by atoms with Crippen molar-refractivity contribution in [1.82, 2.24) is 0 Å². The third kappa shape index (κ3) is 9.54. The van der Waals surface area contributed by atoms with Crippen molar-refractivity contribution in [2.45, 2.75) is 52.4 Å². The molecule has 1 fully saturated rings. The van der Waals surface area contributed by atoms with Crippen molar-refractivity contribution in [3.05, 3.63) is 29.8 Å². The minimum Gasteiger partial charge on any atom is -0.508 e. The van der Waals surface area contributed by atoms with Crippen molar-refractivity contribution in [2.24, 2.45) is 5.92 Å². The number of hydrogen-bond acceptors (Lipinski definition) is 2. The molecule has 0 amide bonds. The summed E-state index contributed by atoms with van der Waals surface area (Å²) in [5.74, 6) is 1.28. The second-order valence-corrected chi connectivity index (χ2v) is 5.59. The SMILES string of the molecule is C1CO1.CC(C)CCCCCCc1ccccc1O. The molecule has 19 heavy (non-hydrogen) atoms. The van der Waals surface area contributed by atoms with Crippen LogP contribution in [0.25, 0.3) is 0 Å². The van der Waals surface area contributed by atoms with Crippen LogP contribution in [0.15, 0.2) is 24.3 Å². The summed E-state index contributed by atoms with van der Waals surface area (Å²) < 4.78 is 4.50. The summed E-state index contributed by atoms with van der Waals surface area (Å²) in [5.41, 5.74) is 1.09. The molecule has 0 aliphatic carbocycles. The summed E-state index contributed by atoms with van der Waals surface area (Å²) >= 11 is 0. The Labute approximate surface area is 117 Å². The number of para-hydroxylation sites is 1. The van der Waals surface area contributed by atoms with Crippen LogP contribution in [0.3, 0.4) is 0 Å². The van der Waals surface area contributed by atoms with E-state index in [1.54, 1.807) is 6.07 Å². The van der Waals surface area contributed by atoms with Gasteiger partial charge in [-0.2, -0.15) is 0 Å². The number of phenols is 1. The highest BCUT2D eigenvalue weighted by Crippen LogP contribution is 2.19. The largest absolute Gasteiger partial charge is 0.508 e. The Hall–Kier alpha value is -1.02. The number of epoxide rings is 1. The minimum atomic E-state index is 0.449. The van der Waals surface area contributed by atoms with E-state index >= 15 is 0 Å². The summed E-state index contributed by atoms with van der Waals surface area (Å²) in [7, 11) is 0. The van der Waals surface area contributed by atoms with Crippen LogP contribution < -0.4 is 0 Å². The average molecular weight is 264 g/mol. The first-order valence-corrected chi connectivity index (χ1v) is 7.54. The van der Waals surface area contributed by atoms with Gasteiger partial charge in [-0.05, 0) is 30.4 Å². The van der Waals surface area contributed by atoms with E-state index in [1.165, 1.54) is 32.1 Å². The number of benzene rings is 1. The lowest BCUT2D eigenvalue weighted by atomic mass is 10.0. The Bertz CT molecular complexity index is 329. The second-order valence-electron chi connectivity index (χ2n) is 5.59. The molecule has 0 radical (unpaired) electrons. The lowest BCUT2D eigenvalue weighted by Gasteiger charge is -2.05. The van der Waals surface area contributed by atoms with E-state index in [9.17, 15) is 5.11 Å². The number of rotatable bonds is 7. The van der Waals surface area contributed by atoms with Crippen LogP contribution in [0.1, 0.15) is 51.5 Å². The number of aromatic hydroxyl groups is 1. The molecular weight excluding hydrogens is 236 g/mol. The third-order valence-electron chi connectivity index (χ3n) is 3.17. The molecule has 1 saturated heterocycles. The van der Waals surface area contributed by atoms with E-state index < -0.39 is 0 Å². The third-order valence-corrected chi connectivity index (χ3v) is 3.17. The normalized spacial score (nSPS) is 13.0. The summed E-state index contributed by atoms with van der Waals surface area (Å²) in [6, 6.07) is 7.66. The topological polar surface area (TPSA) is 32.8 Å². The molecule has 0 bridgehead atoms. The van der Waals surface area contributed by atoms with Gasteiger partial charge in [-0.15, -0.1) is 0 Å². The monoisotopic (exact) mass is 264 g/mol. The number of unbranched alkanes of at least 4 members (excludes halogenated alkanes) is 3. The maximum absolute atomic E-state index is 9.59. The molecule has 2 nitrogen and oxygen atoms in total. The fourth-order valence-electron chi connectivity index (χ4n) is 1.94. The van der Waals surface area contributed by atoms with Crippen LogP contribution in [0.4, 0.5) is 0 Å². The maximum Gasteiger partial charge on any atom is 0.118 e. The van der Waals surface area contributed by atoms with Crippen molar-refractivity contribution in [2.75, 3.05) is 13.2 Å². The van der Waals surface area contributed by atoms with Gasteiger partial charge in [0.15, 0.2) is 0 Å². The lowest BCUT2D eigenvalue weighted by molar-refractivity contribution is 0.465. The van der Waals surface area contributed by atoms with Gasteiger partial charge in [0.2, 0.25) is 0 Å². The first kappa shape index (κ1) is 16.0. The van der Waals surface area contributed by atoms with Gasteiger partial charge in [-0.25, -0.2) is 0 Å². The molecule has 0 spiro atoms. The van der Waals surface area contributed by atoms with Crippen LogP contribution >= 0.6 is 0 Å². The van der Waals surface area contributed by atoms with E-state index in [-0.39, 0.29) is 0 Å². The zero-order chi connectivity index (χ0) is 13.9. The van der Waals surface area contributed by atoms with Crippen molar-refractivity contribution < 1.29 is 9.84 Å². The smallest absolute Gasteiger partial charge is 0.118 e. The second kappa shape index (κ2) is 9.85. The molecule has 2 heteroatoms. The molecule has 0 saturated carbocycles. The van der Waals surface area contributed by atoms with E-state index in [0.717, 1.165) is 31.1 Å². The van der Waals surface area contributed by atoms with Gasteiger partial charge in [0.05, 0.1) is 13.2 Å². The number of aryl methyl sites for hydroxylation is 1. The van der Waals surface area contributed by atoms with Crippen LogP contribution in [0, 0.1) is 5.92 Å². The van der Waals surface area contributed by atoms with Crippen LogP contribution in [-0.2, 0) is 11.2 Å².